The molecule has 0 unspecified atom stereocenters. The summed E-state index contributed by atoms with van der Waals surface area (Å²) in [7, 11) is 0. The van der Waals surface area contributed by atoms with Crippen LogP contribution in [0, 0.1) is 0 Å². The molecule has 0 saturated heterocycles. The number of carbonyl (C=O) groups is 2. The molecule has 2 aliphatic rings. The van der Waals surface area contributed by atoms with Crippen LogP contribution in [0.4, 0.5) is 0 Å². The van der Waals surface area contributed by atoms with E-state index in [4.69, 9.17) is 9.47 Å². The Morgan fingerprint density at radius 2 is 2.09 bits per heavy atom. The third kappa shape index (κ3) is 2.61. The quantitative estimate of drug-likeness (QED) is 0.767. The van der Waals surface area contributed by atoms with E-state index in [9.17, 15) is 9.59 Å². The van der Waals surface area contributed by atoms with E-state index in [0.717, 1.165) is 10.8 Å². The fraction of sp³-hybridized carbons (Fsp3) is 0.294. The lowest BCUT2D eigenvalue weighted by Crippen LogP contribution is -2.35. The van der Waals surface area contributed by atoms with Gasteiger partial charge in [-0.05, 0) is 32.0 Å². The summed E-state index contributed by atoms with van der Waals surface area (Å²) in [5, 5.41) is 0. The zero-order valence-corrected chi connectivity index (χ0v) is 13.9. The van der Waals surface area contributed by atoms with Crippen molar-refractivity contribution in [1.82, 2.24) is 0 Å². The molecule has 0 atom stereocenters. The van der Waals surface area contributed by atoms with Gasteiger partial charge in [-0.3, -0.25) is 9.59 Å². The maximum atomic E-state index is 11.6. The second-order valence-corrected chi connectivity index (χ2v) is 6.71. The molecular weight excluding hydrogens is 348 g/mol. The molecule has 3 rings (SSSR count). The van der Waals surface area contributed by atoms with Gasteiger partial charge in [0.15, 0.2) is 12.1 Å². The van der Waals surface area contributed by atoms with Crippen LogP contribution in [0.15, 0.2) is 40.1 Å². The molecule has 1 aromatic rings. The lowest BCUT2D eigenvalue weighted by molar-refractivity contribution is -0.114. The summed E-state index contributed by atoms with van der Waals surface area (Å²) < 4.78 is 12.7. The molecular formula is C17H15BrO4. The van der Waals surface area contributed by atoms with Gasteiger partial charge in [-0.15, -0.1) is 0 Å². The summed E-state index contributed by atoms with van der Waals surface area (Å²) in [6.45, 7) is 3.64. The van der Waals surface area contributed by atoms with Crippen molar-refractivity contribution in [2.24, 2.45) is 0 Å². The van der Waals surface area contributed by atoms with Gasteiger partial charge in [0, 0.05) is 23.4 Å². The highest BCUT2D eigenvalue weighted by Crippen LogP contribution is 2.43. The van der Waals surface area contributed by atoms with E-state index >= 15 is 0 Å². The molecule has 0 radical (unpaired) electrons. The van der Waals surface area contributed by atoms with Crippen molar-refractivity contribution in [3.63, 3.8) is 0 Å². The number of hydrogen-bond acceptors (Lipinski definition) is 4. The highest BCUT2D eigenvalue weighted by molar-refractivity contribution is 9.10. The molecule has 22 heavy (non-hydrogen) atoms. The Balaban J connectivity index is 2.14. The number of ketones is 1. The van der Waals surface area contributed by atoms with Crippen molar-refractivity contribution in [1.29, 1.82) is 0 Å². The van der Waals surface area contributed by atoms with Crippen LogP contribution in [0.1, 0.15) is 32.3 Å². The number of carbonyl (C=O) groups excluding carboxylic acids is 2. The van der Waals surface area contributed by atoms with Crippen molar-refractivity contribution in [3.8, 4) is 5.75 Å². The Kier molecular flexibility index (Phi) is 3.68. The first-order chi connectivity index (χ1) is 10.4. The van der Waals surface area contributed by atoms with Crippen LogP contribution >= 0.6 is 15.9 Å². The van der Waals surface area contributed by atoms with Gasteiger partial charge in [-0.2, -0.15) is 0 Å². The van der Waals surface area contributed by atoms with E-state index in [1.807, 2.05) is 32.0 Å². The zero-order chi connectivity index (χ0) is 15.9. The maximum Gasteiger partial charge on any atom is 0.159 e. The smallest absolute Gasteiger partial charge is 0.159 e. The van der Waals surface area contributed by atoms with Crippen LogP contribution in [0.5, 0.6) is 5.75 Å². The van der Waals surface area contributed by atoms with Crippen molar-refractivity contribution in [3.05, 3.63) is 45.6 Å². The predicted octanol–water partition coefficient (Wildman–Crippen LogP) is 3.79. The molecule has 0 amide bonds. The molecule has 0 N–H and O–H groups in total. The van der Waals surface area contributed by atoms with Gasteiger partial charge in [0.05, 0.1) is 11.1 Å². The molecule has 4 nitrogen and oxygen atoms in total. The molecule has 0 saturated carbocycles. The monoisotopic (exact) mass is 362 g/mol. The van der Waals surface area contributed by atoms with E-state index < -0.39 is 5.60 Å². The first-order valence-corrected chi connectivity index (χ1v) is 7.80. The average molecular weight is 363 g/mol. The number of allylic oxidation sites excluding steroid dienone is 2. The largest absolute Gasteiger partial charge is 0.482 e. The molecule has 114 valence electrons. The SMILES string of the molecule is CC1(C)Oc2ccc(Br)cc2C(OC2=CC(=O)CC2)=C1C=O. The normalized spacial score (nSPS) is 19.4. The highest BCUT2D eigenvalue weighted by atomic mass is 79.9. The Bertz CT molecular complexity index is 728. The van der Waals surface area contributed by atoms with Gasteiger partial charge in [0.1, 0.15) is 22.9 Å². The number of halogens is 1. The van der Waals surface area contributed by atoms with Crippen molar-refractivity contribution < 1.29 is 19.1 Å². The fourth-order valence-electron chi connectivity index (χ4n) is 2.60. The lowest BCUT2D eigenvalue weighted by Gasteiger charge is -2.34. The van der Waals surface area contributed by atoms with Crippen LogP contribution in [0.25, 0.3) is 5.76 Å². The van der Waals surface area contributed by atoms with E-state index in [2.05, 4.69) is 15.9 Å². The molecule has 1 aliphatic heterocycles. The summed E-state index contributed by atoms with van der Waals surface area (Å²) in [4.78, 5) is 23.0. The van der Waals surface area contributed by atoms with Crippen LogP contribution in [-0.4, -0.2) is 17.7 Å². The molecule has 0 spiro atoms. The standard InChI is InChI=1S/C17H15BrO4/c1-17(2)14(9-19)16(21-12-5-4-11(20)8-12)13-7-10(18)3-6-15(13)22-17/h3,6-9H,4-5H2,1-2H3. The van der Waals surface area contributed by atoms with E-state index in [0.29, 0.717) is 41.2 Å². The number of benzene rings is 1. The number of rotatable bonds is 3. The molecule has 0 fully saturated rings. The second-order valence-electron chi connectivity index (χ2n) is 5.79. The third-order valence-electron chi connectivity index (χ3n) is 3.74. The van der Waals surface area contributed by atoms with Crippen LogP contribution in [0.3, 0.4) is 0 Å². The zero-order valence-electron chi connectivity index (χ0n) is 12.3. The van der Waals surface area contributed by atoms with Gasteiger partial charge in [-0.1, -0.05) is 15.9 Å². The Hall–Kier alpha value is -1.88. The van der Waals surface area contributed by atoms with Crippen LogP contribution in [-0.2, 0) is 14.3 Å². The molecule has 1 heterocycles. The number of aldehydes is 1. The van der Waals surface area contributed by atoms with Gasteiger partial charge in [-0.25, -0.2) is 0 Å². The Morgan fingerprint density at radius 3 is 2.73 bits per heavy atom. The van der Waals surface area contributed by atoms with Gasteiger partial charge in [0.2, 0.25) is 0 Å². The van der Waals surface area contributed by atoms with Crippen molar-refractivity contribution in [2.45, 2.75) is 32.3 Å². The second kappa shape index (κ2) is 5.39. The summed E-state index contributed by atoms with van der Waals surface area (Å²) in [5.74, 6) is 1.74. The molecule has 5 heteroatoms. The summed E-state index contributed by atoms with van der Waals surface area (Å²) in [5.41, 5.74) is 0.343. The summed E-state index contributed by atoms with van der Waals surface area (Å²) in [6.07, 6.45) is 3.26. The van der Waals surface area contributed by atoms with Gasteiger partial charge >= 0.3 is 0 Å². The number of fused-ring (bicyclic) bond motifs is 1. The highest BCUT2D eigenvalue weighted by Gasteiger charge is 2.37. The molecule has 1 aliphatic carbocycles. The minimum absolute atomic E-state index is 0.0454. The van der Waals surface area contributed by atoms with Crippen LogP contribution in [0.2, 0.25) is 0 Å². The van der Waals surface area contributed by atoms with E-state index in [1.165, 1.54) is 6.08 Å². The number of ether oxygens (including phenoxy) is 2. The van der Waals surface area contributed by atoms with Crippen LogP contribution < -0.4 is 4.74 Å². The fourth-order valence-corrected chi connectivity index (χ4v) is 2.97. The van der Waals surface area contributed by atoms with E-state index in [1.54, 1.807) is 0 Å². The molecule has 0 bridgehead atoms. The van der Waals surface area contributed by atoms with Crippen molar-refractivity contribution in [2.75, 3.05) is 0 Å². The van der Waals surface area contributed by atoms with Gasteiger partial charge < -0.3 is 9.47 Å². The van der Waals surface area contributed by atoms with Crippen molar-refractivity contribution >= 4 is 33.8 Å². The molecule has 1 aromatic carbocycles. The Morgan fingerprint density at radius 1 is 1.32 bits per heavy atom. The summed E-state index contributed by atoms with van der Waals surface area (Å²) >= 11 is 3.42. The Labute approximate surface area is 136 Å². The summed E-state index contributed by atoms with van der Waals surface area (Å²) in [6, 6.07) is 5.55. The average Bonchev–Trinajstić information content (AvgIpc) is 2.84. The van der Waals surface area contributed by atoms with Gasteiger partial charge in [0.25, 0.3) is 0 Å². The minimum atomic E-state index is -0.791. The number of hydrogen-bond donors (Lipinski definition) is 0. The third-order valence-corrected chi connectivity index (χ3v) is 4.23. The topological polar surface area (TPSA) is 52.6 Å². The predicted molar refractivity (Wildman–Crippen MR) is 85.2 cm³/mol. The van der Waals surface area contributed by atoms with E-state index in [-0.39, 0.29) is 5.78 Å². The maximum absolute atomic E-state index is 11.6. The first kappa shape index (κ1) is 15.0. The first-order valence-electron chi connectivity index (χ1n) is 7.01. The minimum Gasteiger partial charge on any atom is -0.482 e. The molecule has 0 aromatic heterocycles. The lowest BCUT2D eigenvalue weighted by atomic mass is 9.91.